The van der Waals surface area contributed by atoms with Gasteiger partial charge in [0, 0.05) is 43.2 Å². The van der Waals surface area contributed by atoms with E-state index in [4.69, 9.17) is 25.4 Å². The number of carbonyl (C=O) groups excluding carboxylic acids is 1. The number of carboxylic acid groups (broad SMARTS) is 1. The first-order valence-electron chi connectivity index (χ1n) is 7.85. The Morgan fingerprint density at radius 1 is 0.867 bits per heavy atom. The smallest absolute Gasteiger partial charge is 0.870 e. The van der Waals surface area contributed by atoms with Crippen molar-refractivity contribution in [1.82, 2.24) is 0 Å². The van der Waals surface area contributed by atoms with Crippen molar-refractivity contribution in [3.63, 3.8) is 0 Å². The minimum Gasteiger partial charge on any atom is -0.870 e. The minimum absolute atomic E-state index is 0. The maximum absolute atomic E-state index is 11.2. The number of hydrogen-bond acceptors (Lipinski definition) is 7. The predicted octanol–water partition coefficient (Wildman–Crippen LogP) is 2.28. The number of fused-ring (bicyclic) bond motifs is 2. The van der Waals surface area contributed by atoms with Gasteiger partial charge in [0.2, 0.25) is 0 Å². The molecule has 2 heterocycles. The Labute approximate surface area is 199 Å². The molecule has 0 aliphatic carbocycles. The number of nitrogens with two attached hydrogens (primary N) is 2. The number of halogens is 2. The van der Waals surface area contributed by atoms with Crippen LogP contribution in [0.15, 0.2) is 54.6 Å². The molecule has 2 aromatic heterocycles. The molecule has 4 aromatic rings. The van der Waals surface area contributed by atoms with Crippen LogP contribution in [0.5, 0.6) is 0 Å². The number of furan rings is 2. The third-order valence-corrected chi connectivity index (χ3v) is 5.37. The van der Waals surface area contributed by atoms with Crippen molar-refractivity contribution in [3.05, 3.63) is 56.9 Å². The van der Waals surface area contributed by atoms with Crippen LogP contribution >= 0.6 is 31.9 Å². The Morgan fingerprint density at radius 3 is 1.67 bits per heavy atom. The predicted molar refractivity (Wildman–Crippen MR) is 116 cm³/mol. The number of Topliss-reactive ketones (excluding diaryl/α,β-unsaturated/α-hetero) is 1. The molecule has 0 atom stereocenters. The Morgan fingerprint density at radius 2 is 1.27 bits per heavy atom. The zero-order valence-corrected chi connectivity index (χ0v) is 19.1. The van der Waals surface area contributed by atoms with Gasteiger partial charge in [0.15, 0.2) is 5.78 Å². The average molecular weight is 534 g/mol. The van der Waals surface area contributed by atoms with Gasteiger partial charge in [-0.05, 0) is 50.9 Å². The maximum Gasteiger partial charge on any atom is 1.00 e. The minimum atomic E-state index is -1.01. The van der Waals surface area contributed by atoms with Gasteiger partial charge in [-0.1, -0.05) is 0 Å². The van der Waals surface area contributed by atoms with Gasteiger partial charge < -0.3 is 30.9 Å². The monoisotopic (exact) mass is 532 g/mol. The quantitative estimate of drug-likeness (QED) is 0.201. The topological polar surface area (TPSA) is 163 Å². The van der Waals surface area contributed by atoms with Crippen LogP contribution < -0.4 is 30.3 Å². The van der Waals surface area contributed by atoms with E-state index in [9.17, 15) is 9.59 Å². The molecule has 2 aromatic carbocycles. The Bertz CT molecular complexity index is 1140. The molecular weight excluding hydrogens is 519 g/mol. The summed E-state index contributed by atoms with van der Waals surface area (Å²) in [6.07, 6.45) is 2.66. The molecule has 0 bridgehead atoms. The Hall–Kier alpha value is -2.22. The van der Waals surface area contributed by atoms with Crippen LogP contribution in [0.3, 0.4) is 0 Å². The van der Waals surface area contributed by atoms with Gasteiger partial charge >= 0.3 is 24.8 Å². The van der Waals surface area contributed by atoms with Crippen LogP contribution in [0.2, 0.25) is 0 Å². The summed E-state index contributed by atoms with van der Waals surface area (Å²) in [5.74, 6) is -1.03. The van der Waals surface area contributed by atoms with Crippen molar-refractivity contribution < 1.29 is 47.9 Å². The number of anilines is 2. The van der Waals surface area contributed by atoms with Gasteiger partial charge in [0.25, 0.3) is 0 Å². The van der Waals surface area contributed by atoms with E-state index in [1.807, 2.05) is 0 Å². The SMILES string of the molecule is CC(=O)c1coc2cc(N)c(Br)cc12.Nc1cc2occ(C(=O)O)c2cc1Br.[Li+].[OH-]. The molecule has 8 nitrogen and oxygen atoms in total. The fourth-order valence-corrected chi connectivity index (χ4v) is 3.25. The van der Waals surface area contributed by atoms with E-state index in [1.54, 1.807) is 24.3 Å². The normalized spacial score (nSPS) is 9.97. The second-order valence-corrected chi connectivity index (χ2v) is 7.61. The Balaban J connectivity index is 0.000000281. The summed E-state index contributed by atoms with van der Waals surface area (Å²) in [6.45, 7) is 1.51. The van der Waals surface area contributed by atoms with Crippen molar-refractivity contribution in [2.24, 2.45) is 0 Å². The number of carbonyl (C=O) groups is 2. The largest absolute Gasteiger partial charge is 1.00 e. The standard InChI is InChI=1S/C10H8BrNO2.C9H6BrNO3.Li.H2O/c1-5(13)7-4-14-10-3-9(12)8(11)2-6(7)10;10-6-1-4-5(9(12)13)3-14-8(4)2-7(6)11;;/h2-4H,12H2,1H3;1-3H,11H2,(H,12,13);;1H2/q;;+1;/p-1. The van der Waals surface area contributed by atoms with Crippen LogP contribution in [-0.2, 0) is 0 Å². The summed E-state index contributed by atoms with van der Waals surface area (Å²) < 4.78 is 11.7. The molecule has 0 aliphatic rings. The first-order chi connectivity index (χ1) is 13.2. The molecule has 4 rings (SSSR count). The summed E-state index contributed by atoms with van der Waals surface area (Å²) in [5, 5.41) is 10.2. The average Bonchev–Trinajstić information content (AvgIpc) is 3.20. The summed E-state index contributed by atoms with van der Waals surface area (Å²) >= 11 is 6.53. The van der Waals surface area contributed by atoms with E-state index in [2.05, 4.69) is 31.9 Å². The number of nitrogen functional groups attached to an aromatic ring is 2. The molecule has 0 saturated heterocycles. The summed E-state index contributed by atoms with van der Waals surface area (Å²) in [5.41, 5.74) is 14.2. The van der Waals surface area contributed by atoms with Gasteiger partial charge in [0.05, 0.1) is 5.56 Å². The molecular formula is C19H15Br2LiN2O6. The van der Waals surface area contributed by atoms with Gasteiger partial charge in [-0.25, -0.2) is 4.79 Å². The number of rotatable bonds is 2. The van der Waals surface area contributed by atoms with Gasteiger partial charge in [-0.3, -0.25) is 4.79 Å². The second kappa shape index (κ2) is 10.2. The van der Waals surface area contributed by atoms with Crippen LogP contribution in [0.4, 0.5) is 11.4 Å². The van der Waals surface area contributed by atoms with Crippen molar-refractivity contribution in [1.29, 1.82) is 0 Å². The van der Waals surface area contributed by atoms with Gasteiger partial charge in [-0.2, -0.15) is 0 Å². The number of ketones is 1. The van der Waals surface area contributed by atoms with Crippen LogP contribution in [0.25, 0.3) is 21.9 Å². The number of benzene rings is 2. The molecule has 0 radical (unpaired) electrons. The summed E-state index contributed by atoms with van der Waals surface area (Å²) in [4.78, 5) is 22.0. The molecule has 0 fully saturated rings. The van der Waals surface area contributed by atoms with E-state index in [1.165, 1.54) is 19.5 Å². The molecule has 0 aliphatic heterocycles. The zero-order chi connectivity index (χ0) is 20.6. The maximum atomic E-state index is 11.2. The van der Waals surface area contributed by atoms with Crippen LogP contribution in [-0.4, -0.2) is 22.3 Å². The fraction of sp³-hybridized carbons (Fsp3) is 0.0526. The third-order valence-electron chi connectivity index (χ3n) is 4.00. The van der Waals surface area contributed by atoms with Crippen LogP contribution in [0.1, 0.15) is 27.6 Å². The molecule has 30 heavy (non-hydrogen) atoms. The van der Waals surface area contributed by atoms with Gasteiger partial charge in [0.1, 0.15) is 29.3 Å². The Kier molecular flexibility index (Phi) is 8.77. The fourth-order valence-electron chi connectivity index (χ4n) is 2.56. The van der Waals surface area contributed by atoms with Crippen molar-refractivity contribution >= 4 is 76.9 Å². The van der Waals surface area contributed by atoms with Crippen molar-refractivity contribution in [2.75, 3.05) is 11.5 Å². The molecule has 0 saturated carbocycles. The van der Waals surface area contributed by atoms with Crippen molar-refractivity contribution in [2.45, 2.75) is 6.92 Å². The van der Waals surface area contributed by atoms with E-state index in [0.29, 0.717) is 38.0 Å². The van der Waals surface area contributed by atoms with Crippen molar-refractivity contribution in [3.8, 4) is 0 Å². The number of carboxylic acids is 1. The molecule has 0 unspecified atom stereocenters. The summed E-state index contributed by atoms with van der Waals surface area (Å²) in [6, 6.07) is 6.72. The molecule has 11 heteroatoms. The van der Waals surface area contributed by atoms with E-state index in [0.717, 1.165) is 9.86 Å². The van der Waals surface area contributed by atoms with E-state index in [-0.39, 0.29) is 35.7 Å². The molecule has 0 amide bonds. The first-order valence-corrected chi connectivity index (χ1v) is 9.44. The molecule has 6 N–H and O–H groups in total. The summed E-state index contributed by atoms with van der Waals surface area (Å²) in [7, 11) is 0. The van der Waals surface area contributed by atoms with Gasteiger partial charge in [-0.15, -0.1) is 0 Å². The zero-order valence-electron chi connectivity index (χ0n) is 15.9. The molecule has 0 spiro atoms. The van der Waals surface area contributed by atoms with Crippen LogP contribution in [0, 0.1) is 0 Å². The third kappa shape index (κ3) is 5.09. The second-order valence-electron chi connectivity index (χ2n) is 5.90. The van der Waals surface area contributed by atoms with E-state index >= 15 is 0 Å². The van der Waals surface area contributed by atoms with E-state index < -0.39 is 5.97 Å². The number of aromatic carboxylic acids is 1. The number of hydrogen-bond donors (Lipinski definition) is 3. The first kappa shape index (κ1) is 25.8. The molecule has 152 valence electrons.